The number of benzene rings is 2. The van der Waals surface area contributed by atoms with Gasteiger partial charge in [0.1, 0.15) is 11.3 Å². The molecule has 1 fully saturated rings. The normalized spacial score (nSPS) is 16.0. The van der Waals surface area contributed by atoms with Gasteiger partial charge in [-0.1, -0.05) is 6.92 Å². The highest BCUT2D eigenvalue weighted by Gasteiger charge is 2.45. The highest BCUT2D eigenvalue weighted by atomic mass is 32.1. The van der Waals surface area contributed by atoms with E-state index in [4.69, 9.17) is 9.72 Å². The number of methoxy groups -OCH3 is 1. The fraction of sp³-hybridized carbons (Fsp3) is 0.304. The van der Waals surface area contributed by atoms with Gasteiger partial charge in [-0.25, -0.2) is 15.0 Å². The summed E-state index contributed by atoms with van der Waals surface area (Å²) >= 11 is 1.50. The van der Waals surface area contributed by atoms with Crippen LogP contribution in [0, 0.1) is 12.3 Å². The third-order valence-corrected chi connectivity index (χ3v) is 6.92. The third-order valence-electron chi connectivity index (χ3n) is 5.88. The van der Waals surface area contributed by atoms with Gasteiger partial charge in [-0.3, -0.25) is 4.79 Å². The number of ether oxygens (including phenoxy) is 1. The number of aliphatic hydroxyl groups is 1. The minimum Gasteiger partial charge on any atom is -0.480 e. The number of aromatic nitrogens is 3. The van der Waals surface area contributed by atoms with Gasteiger partial charge in [0, 0.05) is 16.7 Å². The monoisotopic (exact) mass is 419 g/mol. The third kappa shape index (κ3) is 3.05. The summed E-state index contributed by atoms with van der Waals surface area (Å²) in [6.45, 7) is 4.08. The molecule has 152 valence electrons. The molecule has 7 heteroatoms. The number of aliphatic hydroxyl groups excluding tert-OH is 1. The summed E-state index contributed by atoms with van der Waals surface area (Å²) in [5.74, 6) is 0.460. The van der Waals surface area contributed by atoms with Gasteiger partial charge in [-0.2, -0.15) is 0 Å². The lowest BCUT2D eigenvalue weighted by atomic mass is 9.93. The Morgan fingerprint density at radius 2 is 2.00 bits per heavy atom. The number of aryl methyl sites for hydroxylation is 1. The van der Waals surface area contributed by atoms with Crippen LogP contribution in [0.5, 0.6) is 5.88 Å². The van der Waals surface area contributed by atoms with Crippen molar-refractivity contribution in [3.05, 3.63) is 47.2 Å². The molecule has 1 aliphatic rings. The first-order chi connectivity index (χ1) is 14.4. The first-order valence-electron chi connectivity index (χ1n) is 9.81. The zero-order chi connectivity index (χ0) is 21.0. The maximum atomic E-state index is 11.5. The molecule has 0 spiro atoms. The highest BCUT2D eigenvalue weighted by molar-refractivity contribution is 7.21. The topological polar surface area (TPSA) is 85.2 Å². The van der Waals surface area contributed by atoms with Gasteiger partial charge in [0.2, 0.25) is 5.88 Å². The van der Waals surface area contributed by atoms with Crippen molar-refractivity contribution in [1.82, 2.24) is 15.0 Å². The minimum absolute atomic E-state index is 0.143. The second-order valence-corrected chi connectivity index (χ2v) is 9.27. The molecule has 1 unspecified atom stereocenters. The van der Waals surface area contributed by atoms with Gasteiger partial charge in [-0.15, -0.1) is 11.3 Å². The van der Waals surface area contributed by atoms with Crippen LogP contribution in [-0.2, 0) is 0 Å². The van der Waals surface area contributed by atoms with E-state index in [0.717, 1.165) is 62.1 Å². The second kappa shape index (κ2) is 6.82. The van der Waals surface area contributed by atoms with Crippen molar-refractivity contribution >= 4 is 38.9 Å². The van der Waals surface area contributed by atoms with Crippen molar-refractivity contribution in [3.8, 4) is 16.5 Å². The lowest BCUT2D eigenvalue weighted by molar-refractivity contribution is 0.104. The maximum Gasteiger partial charge on any atom is 0.232 e. The Morgan fingerprint density at radius 1 is 1.20 bits per heavy atom. The lowest BCUT2D eigenvalue weighted by Crippen LogP contribution is -2.10. The SMILES string of the molecule is COc1cnc2c(-c3nc4c(C(O)C5(C)CC5)cc(C=O)cc4s3)cc(C)cc2n1. The van der Waals surface area contributed by atoms with Crippen LogP contribution >= 0.6 is 11.3 Å². The van der Waals surface area contributed by atoms with Gasteiger partial charge in [0.15, 0.2) is 0 Å². The average Bonchev–Trinajstić information content (AvgIpc) is 3.35. The van der Waals surface area contributed by atoms with Crippen LogP contribution in [0.2, 0.25) is 0 Å². The zero-order valence-corrected chi connectivity index (χ0v) is 17.8. The van der Waals surface area contributed by atoms with Crippen LogP contribution in [0.4, 0.5) is 0 Å². The molecule has 1 atom stereocenters. The van der Waals surface area contributed by atoms with Crippen LogP contribution in [0.15, 0.2) is 30.5 Å². The predicted molar refractivity (Wildman–Crippen MR) is 117 cm³/mol. The van der Waals surface area contributed by atoms with E-state index in [2.05, 4.69) is 16.9 Å². The summed E-state index contributed by atoms with van der Waals surface area (Å²) in [5, 5.41) is 11.8. The van der Waals surface area contributed by atoms with Gasteiger partial charge >= 0.3 is 0 Å². The second-order valence-electron chi connectivity index (χ2n) is 8.24. The minimum atomic E-state index is -0.645. The zero-order valence-electron chi connectivity index (χ0n) is 17.0. The van der Waals surface area contributed by atoms with E-state index in [0.29, 0.717) is 11.4 Å². The number of carbonyl (C=O) groups is 1. The largest absolute Gasteiger partial charge is 0.480 e. The van der Waals surface area contributed by atoms with Crippen LogP contribution in [0.3, 0.4) is 0 Å². The van der Waals surface area contributed by atoms with Crippen molar-refractivity contribution in [2.75, 3.05) is 7.11 Å². The van der Waals surface area contributed by atoms with E-state index >= 15 is 0 Å². The van der Waals surface area contributed by atoms with Crippen molar-refractivity contribution in [1.29, 1.82) is 0 Å². The number of carbonyl (C=O) groups excluding carboxylic acids is 1. The average molecular weight is 420 g/mol. The Kier molecular flexibility index (Phi) is 4.34. The van der Waals surface area contributed by atoms with Crippen LogP contribution < -0.4 is 4.74 Å². The van der Waals surface area contributed by atoms with E-state index in [1.807, 2.05) is 25.1 Å². The molecule has 2 aromatic heterocycles. The molecule has 6 nitrogen and oxygen atoms in total. The summed E-state index contributed by atoms with van der Waals surface area (Å²) in [6.07, 6.45) is 3.72. The van der Waals surface area contributed by atoms with E-state index in [9.17, 15) is 9.90 Å². The summed E-state index contributed by atoms with van der Waals surface area (Å²) in [4.78, 5) is 25.5. The highest BCUT2D eigenvalue weighted by Crippen LogP contribution is 2.55. The summed E-state index contributed by atoms with van der Waals surface area (Å²) in [6, 6.07) is 7.61. The van der Waals surface area contributed by atoms with Gasteiger partial charge in [0.25, 0.3) is 0 Å². The lowest BCUT2D eigenvalue weighted by Gasteiger charge is -2.18. The van der Waals surface area contributed by atoms with Gasteiger partial charge in [-0.05, 0) is 55.0 Å². The van der Waals surface area contributed by atoms with Crippen molar-refractivity contribution in [3.63, 3.8) is 0 Å². The molecule has 1 saturated carbocycles. The molecule has 4 aromatic rings. The number of thiazole rings is 1. The Bertz CT molecular complexity index is 1310. The quantitative estimate of drug-likeness (QED) is 0.465. The van der Waals surface area contributed by atoms with E-state index in [-0.39, 0.29) is 5.41 Å². The van der Waals surface area contributed by atoms with Crippen molar-refractivity contribution in [2.45, 2.75) is 32.8 Å². The molecule has 2 heterocycles. The predicted octanol–water partition coefficient (Wildman–Crippen LogP) is 4.87. The number of hydrogen-bond donors (Lipinski definition) is 1. The molecule has 0 aliphatic heterocycles. The fourth-order valence-electron chi connectivity index (χ4n) is 3.82. The molecule has 0 radical (unpaired) electrons. The first-order valence-corrected chi connectivity index (χ1v) is 10.6. The Morgan fingerprint density at radius 3 is 2.70 bits per heavy atom. The number of rotatable bonds is 5. The van der Waals surface area contributed by atoms with Crippen molar-refractivity contribution in [2.24, 2.45) is 5.41 Å². The standard InChI is InChI=1S/C23H21N3O3S/c1-12-6-15(19-16(7-12)25-18(29-3)10-24-19)22-26-20-14(21(28)23(2)4-5-23)8-13(11-27)9-17(20)30-22/h6-11,21,28H,4-5H2,1-3H3. The summed E-state index contributed by atoms with van der Waals surface area (Å²) < 4.78 is 6.09. The van der Waals surface area contributed by atoms with Crippen LogP contribution in [-0.4, -0.2) is 33.5 Å². The van der Waals surface area contributed by atoms with Gasteiger partial charge < -0.3 is 9.84 Å². The number of hydrogen-bond acceptors (Lipinski definition) is 7. The number of aldehydes is 1. The van der Waals surface area contributed by atoms with Crippen LogP contribution in [0.1, 0.15) is 47.4 Å². The molecule has 0 amide bonds. The van der Waals surface area contributed by atoms with E-state index in [1.165, 1.54) is 11.3 Å². The summed E-state index contributed by atoms with van der Waals surface area (Å²) in [5.41, 5.74) is 5.28. The van der Waals surface area contributed by atoms with E-state index in [1.54, 1.807) is 19.4 Å². The summed E-state index contributed by atoms with van der Waals surface area (Å²) in [7, 11) is 1.57. The molecular formula is C23H21N3O3S. The fourth-order valence-corrected chi connectivity index (χ4v) is 4.89. The molecule has 2 aromatic carbocycles. The Labute approximate surface area is 177 Å². The Hall–Kier alpha value is -2.90. The maximum absolute atomic E-state index is 11.5. The molecule has 0 bridgehead atoms. The molecular weight excluding hydrogens is 398 g/mol. The number of fused-ring (bicyclic) bond motifs is 2. The molecule has 5 rings (SSSR count). The smallest absolute Gasteiger partial charge is 0.232 e. The molecule has 1 N–H and O–H groups in total. The van der Waals surface area contributed by atoms with E-state index < -0.39 is 6.10 Å². The molecule has 0 saturated heterocycles. The molecule has 30 heavy (non-hydrogen) atoms. The van der Waals surface area contributed by atoms with Gasteiger partial charge in [0.05, 0.1) is 40.7 Å². The van der Waals surface area contributed by atoms with Crippen LogP contribution in [0.25, 0.3) is 31.8 Å². The Balaban J connectivity index is 1.74. The number of nitrogens with zero attached hydrogens (tertiary/aromatic N) is 3. The van der Waals surface area contributed by atoms with Crippen molar-refractivity contribution < 1.29 is 14.6 Å². The first kappa shape index (κ1) is 19.1. The molecule has 1 aliphatic carbocycles.